The smallest absolute Gasteiger partial charge is 0.407 e. The molecule has 0 aliphatic carbocycles. The van der Waals surface area contributed by atoms with Crippen LogP contribution < -0.4 is 37.6 Å². The second-order valence-corrected chi connectivity index (χ2v) is 10.2. The van der Waals surface area contributed by atoms with Gasteiger partial charge in [0.05, 0.1) is 6.04 Å². The van der Waals surface area contributed by atoms with Gasteiger partial charge in [0, 0.05) is 31.7 Å². The quantitative estimate of drug-likeness (QED) is 0.221. The van der Waals surface area contributed by atoms with Gasteiger partial charge in [0.1, 0.15) is 5.60 Å². The SMILES string of the molecule is CC(C)C[C@@H](CNC(N)=O)NC(=O)NC[C@H](C)NC(=O)NC[C@@H](NC(=O)OC(C)(C)C)C(C)C. The molecule has 12 heteroatoms. The van der Waals surface area contributed by atoms with E-state index in [1.807, 2.05) is 27.7 Å². The maximum absolute atomic E-state index is 12.2. The highest BCUT2D eigenvalue weighted by Gasteiger charge is 2.22. The van der Waals surface area contributed by atoms with Crippen molar-refractivity contribution >= 4 is 24.2 Å². The van der Waals surface area contributed by atoms with E-state index in [-0.39, 0.29) is 43.7 Å². The number of carbonyl (C=O) groups is 4. The first-order valence-electron chi connectivity index (χ1n) is 11.7. The van der Waals surface area contributed by atoms with Gasteiger partial charge in [0.15, 0.2) is 0 Å². The average Bonchev–Trinajstić information content (AvgIpc) is 2.65. The summed E-state index contributed by atoms with van der Waals surface area (Å²) in [6, 6.07) is -2.42. The first-order chi connectivity index (χ1) is 15.6. The summed E-state index contributed by atoms with van der Waals surface area (Å²) in [6.07, 6.45) is 0.122. The monoisotopic (exact) mass is 487 g/mol. The van der Waals surface area contributed by atoms with Crippen LogP contribution in [0.1, 0.15) is 61.8 Å². The Labute approximate surface area is 203 Å². The van der Waals surface area contributed by atoms with Crippen molar-refractivity contribution in [3.05, 3.63) is 0 Å². The van der Waals surface area contributed by atoms with Crippen LogP contribution in [0.25, 0.3) is 0 Å². The van der Waals surface area contributed by atoms with Crippen molar-refractivity contribution in [1.29, 1.82) is 0 Å². The zero-order valence-electron chi connectivity index (χ0n) is 21.8. The zero-order valence-corrected chi connectivity index (χ0v) is 21.8. The normalized spacial score (nSPS) is 13.9. The second-order valence-electron chi connectivity index (χ2n) is 10.2. The largest absolute Gasteiger partial charge is 0.444 e. The van der Waals surface area contributed by atoms with Crippen molar-refractivity contribution in [1.82, 2.24) is 31.9 Å². The molecular weight excluding hydrogens is 442 g/mol. The summed E-state index contributed by atoms with van der Waals surface area (Å²) in [6.45, 7) is 15.6. The Morgan fingerprint density at radius 2 is 1.35 bits per heavy atom. The van der Waals surface area contributed by atoms with Crippen LogP contribution in [0.15, 0.2) is 0 Å². The molecule has 0 radical (unpaired) electrons. The van der Waals surface area contributed by atoms with Crippen LogP contribution in [0, 0.1) is 11.8 Å². The maximum atomic E-state index is 12.2. The summed E-state index contributed by atoms with van der Waals surface area (Å²) in [5.74, 6) is 0.377. The summed E-state index contributed by atoms with van der Waals surface area (Å²) < 4.78 is 5.27. The summed E-state index contributed by atoms with van der Waals surface area (Å²) in [7, 11) is 0. The lowest BCUT2D eigenvalue weighted by Gasteiger charge is -2.26. The molecule has 0 aromatic carbocycles. The standard InChI is InChI=1S/C22H45N7O5/c1-13(2)9-16(11-24-18(23)30)28-20(32)25-10-15(5)27-19(31)26-12-17(14(3)4)29-21(33)34-22(6,7)8/h13-17H,9-12H2,1-8H3,(H,29,33)(H3,23,24,30)(H2,25,28,32)(H2,26,27,31)/t15-,16-,17+/m0/s1. The lowest BCUT2D eigenvalue weighted by molar-refractivity contribution is 0.0490. The van der Waals surface area contributed by atoms with E-state index < -0.39 is 29.8 Å². The number of alkyl carbamates (subject to hydrolysis) is 1. The topological polar surface area (TPSA) is 176 Å². The Bertz CT molecular complexity index is 665. The van der Waals surface area contributed by atoms with Gasteiger partial charge in [-0.2, -0.15) is 0 Å². The number of urea groups is 3. The minimum Gasteiger partial charge on any atom is -0.444 e. The van der Waals surface area contributed by atoms with Crippen molar-refractivity contribution in [2.75, 3.05) is 19.6 Å². The third-order valence-corrected chi connectivity index (χ3v) is 4.55. The fourth-order valence-electron chi connectivity index (χ4n) is 2.91. The Hall–Kier alpha value is -2.92. The van der Waals surface area contributed by atoms with Gasteiger partial charge in [-0.25, -0.2) is 19.2 Å². The fourth-order valence-corrected chi connectivity index (χ4v) is 2.91. The van der Waals surface area contributed by atoms with Crippen LogP contribution in [-0.2, 0) is 4.74 Å². The third-order valence-electron chi connectivity index (χ3n) is 4.55. The van der Waals surface area contributed by atoms with Crippen LogP contribution >= 0.6 is 0 Å². The maximum Gasteiger partial charge on any atom is 0.407 e. The van der Waals surface area contributed by atoms with E-state index >= 15 is 0 Å². The zero-order chi connectivity index (χ0) is 26.5. The molecule has 3 atom stereocenters. The Morgan fingerprint density at radius 3 is 1.85 bits per heavy atom. The number of hydrogen-bond donors (Lipinski definition) is 7. The number of primary amides is 1. The van der Waals surface area contributed by atoms with Crippen LogP contribution in [-0.4, -0.2) is 67.5 Å². The van der Waals surface area contributed by atoms with E-state index in [2.05, 4.69) is 31.9 Å². The Morgan fingerprint density at radius 1 is 0.794 bits per heavy atom. The third kappa shape index (κ3) is 16.7. The molecule has 0 aliphatic rings. The summed E-state index contributed by atoms with van der Waals surface area (Å²) in [5, 5.41) is 16.2. The molecule has 0 saturated carbocycles. The van der Waals surface area contributed by atoms with Gasteiger partial charge in [-0.1, -0.05) is 27.7 Å². The first-order valence-corrected chi connectivity index (χ1v) is 11.7. The Balaban J connectivity index is 4.47. The molecule has 0 heterocycles. The number of rotatable bonds is 12. The minimum atomic E-state index is -0.652. The van der Waals surface area contributed by atoms with Crippen LogP contribution in [0.5, 0.6) is 0 Å². The van der Waals surface area contributed by atoms with Crippen molar-refractivity contribution in [3.63, 3.8) is 0 Å². The van der Waals surface area contributed by atoms with Gasteiger partial charge in [0.25, 0.3) is 0 Å². The molecule has 0 aliphatic heterocycles. The number of carbonyl (C=O) groups excluding carboxylic acids is 4. The van der Waals surface area contributed by atoms with Crippen molar-refractivity contribution < 1.29 is 23.9 Å². The number of nitrogens with two attached hydrogens (primary N) is 1. The van der Waals surface area contributed by atoms with Crippen molar-refractivity contribution in [2.24, 2.45) is 17.6 Å². The van der Waals surface area contributed by atoms with E-state index in [1.165, 1.54) is 0 Å². The first kappa shape index (κ1) is 31.1. The highest BCUT2D eigenvalue weighted by atomic mass is 16.6. The molecular formula is C22H45N7O5. The van der Waals surface area contributed by atoms with E-state index in [0.717, 1.165) is 0 Å². The molecule has 0 fully saturated rings. The second kappa shape index (κ2) is 15.1. The molecule has 0 spiro atoms. The van der Waals surface area contributed by atoms with Crippen LogP contribution in [0.2, 0.25) is 0 Å². The predicted octanol–water partition coefficient (Wildman–Crippen LogP) is 1.61. The van der Waals surface area contributed by atoms with E-state index in [1.54, 1.807) is 27.7 Å². The molecule has 0 aromatic rings. The van der Waals surface area contributed by atoms with E-state index in [9.17, 15) is 19.2 Å². The lowest BCUT2D eigenvalue weighted by atomic mass is 10.0. The number of amides is 7. The summed E-state index contributed by atoms with van der Waals surface area (Å²) in [5.41, 5.74) is 4.49. The molecule has 0 bridgehead atoms. The fraction of sp³-hybridized carbons (Fsp3) is 0.818. The number of ether oxygens (including phenoxy) is 1. The molecule has 198 valence electrons. The predicted molar refractivity (Wildman–Crippen MR) is 131 cm³/mol. The molecule has 0 aromatic heterocycles. The molecule has 0 saturated heterocycles. The summed E-state index contributed by atoms with van der Waals surface area (Å²) >= 11 is 0. The molecule has 12 nitrogen and oxygen atoms in total. The van der Waals surface area contributed by atoms with Gasteiger partial charge in [-0.3, -0.25) is 0 Å². The highest BCUT2D eigenvalue weighted by Crippen LogP contribution is 2.08. The van der Waals surface area contributed by atoms with E-state index in [4.69, 9.17) is 10.5 Å². The van der Waals surface area contributed by atoms with Gasteiger partial charge in [-0.15, -0.1) is 0 Å². The molecule has 8 N–H and O–H groups in total. The van der Waals surface area contributed by atoms with Crippen molar-refractivity contribution in [3.8, 4) is 0 Å². The van der Waals surface area contributed by atoms with Gasteiger partial charge in [0.2, 0.25) is 0 Å². The van der Waals surface area contributed by atoms with E-state index in [0.29, 0.717) is 12.3 Å². The van der Waals surface area contributed by atoms with Gasteiger partial charge >= 0.3 is 24.2 Å². The summed E-state index contributed by atoms with van der Waals surface area (Å²) in [4.78, 5) is 47.4. The minimum absolute atomic E-state index is 0.0680. The van der Waals surface area contributed by atoms with Gasteiger partial charge < -0.3 is 42.4 Å². The molecule has 34 heavy (non-hydrogen) atoms. The van der Waals surface area contributed by atoms with Gasteiger partial charge in [-0.05, 0) is 46.0 Å². The molecule has 0 unspecified atom stereocenters. The molecule has 0 rings (SSSR count). The average molecular weight is 488 g/mol. The number of hydrogen-bond acceptors (Lipinski definition) is 5. The number of nitrogens with one attached hydrogen (secondary N) is 6. The highest BCUT2D eigenvalue weighted by molar-refractivity contribution is 5.76. The molecule has 7 amide bonds. The lowest BCUT2D eigenvalue weighted by Crippen LogP contribution is -2.53. The van der Waals surface area contributed by atoms with Crippen LogP contribution in [0.3, 0.4) is 0 Å². The van der Waals surface area contributed by atoms with Crippen LogP contribution in [0.4, 0.5) is 19.2 Å². The van der Waals surface area contributed by atoms with Crippen molar-refractivity contribution in [2.45, 2.75) is 85.5 Å². The Kier molecular flexibility index (Phi) is 13.8.